The van der Waals surface area contributed by atoms with E-state index in [1.165, 1.54) is 5.56 Å². The number of nitriles is 1. The van der Waals surface area contributed by atoms with Gasteiger partial charge in [-0.25, -0.2) is 15.4 Å². The normalized spacial score (nSPS) is 14.0. The minimum Gasteiger partial charge on any atom is -0.349 e. The van der Waals surface area contributed by atoms with Crippen LogP contribution in [0.15, 0.2) is 65.0 Å². The van der Waals surface area contributed by atoms with Crippen molar-refractivity contribution in [3.8, 4) is 6.07 Å². The van der Waals surface area contributed by atoms with Gasteiger partial charge in [0.25, 0.3) is 0 Å². The summed E-state index contributed by atoms with van der Waals surface area (Å²) in [5.41, 5.74) is 7.45. The molecule has 0 fully saturated rings. The van der Waals surface area contributed by atoms with Crippen molar-refractivity contribution >= 4 is 12.2 Å². The third kappa shape index (κ3) is 4.77. The first-order valence-corrected chi connectivity index (χ1v) is 8.35. The van der Waals surface area contributed by atoms with Crippen molar-refractivity contribution in [2.24, 2.45) is 5.10 Å². The number of aryl methyl sites for hydroxylation is 2. The molecule has 0 radical (unpaired) electrons. The van der Waals surface area contributed by atoms with E-state index in [1.807, 2.05) is 55.4 Å². The van der Waals surface area contributed by atoms with Gasteiger partial charge in [-0.15, -0.1) is 0 Å². The second kappa shape index (κ2) is 8.08. The zero-order valence-electron chi connectivity index (χ0n) is 14.8. The zero-order chi connectivity index (χ0) is 18.4. The molecular weight excluding hydrogens is 324 g/mol. The van der Waals surface area contributed by atoms with Crippen LogP contribution in [-0.4, -0.2) is 21.1 Å². The van der Waals surface area contributed by atoms with E-state index in [9.17, 15) is 5.26 Å². The maximum Gasteiger partial charge on any atom is 0.243 e. The van der Waals surface area contributed by atoms with Gasteiger partial charge in [0.15, 0.2) is 0 Å². The van der Waals surface area contributed by atoms with Crippen LogP contribution in [0, 0.1) is 25.2 Å². The minimum absolute atomic E-state index is 0.465. The van der Waals surface area contributed by atoms with Crippen molar-refractivity contribution in [3.05, 3.63) is 76.9 Å². The Morgan fingerprint density at radius 2 is 1.92 bits per heavy atom. The lowest BCUT2D eigenvalue weighted by Gasteiger charge is -2.21. The standard InChI is InChI=1S/C20H20N6/c1-15-8-16(2)24-20(23-15)25-22-11-19-9-18(10-21)13-26(14-19)12-17-6-4-3-5-7-17/h3-8,11,13-14H,9,12H2,1-2H3,(H,23,24,25)/b22-11+. The number of hydrogen-bond acceptors (Lipinski definition) is 6. The van der Waals surface area contributed by atoms with Gasteiger partial charge in [-0.05, 0) is 31.1 Å². The van der Waals surface area contributed by atoms with E-state index in [-0.39, 0.29) is 0 Å². The molecule has 1 aliphatic heterocycles. The molecule has 1 aromatic carbocycles. The maximum absolute atomic E-state index is 9.30. The van der Waals surface area contributed by atoms with Crippen molar-refractivity contribution in [1.29, 1.82) is 5.26 Å². The van der Waals surface area contributed by atoms with E-state index in [4.69, 9.17) is 0 Å². The van der Waals surface area contributed by atoms with E-state index < -0.39 is 0 Å². The Hall–Kier alpha value is -3.46. The van der Waals surface area contributed by atoms with Crippen LogP contribution in [0.3, 0.4) is 0 Å². The van der Waals surface area contributed by atoms with E-state index in [2.05, 4.69) is 38.7 Å². The van der Waals surface area contributed by atoms with E-state index in [0.29, 0.717) is 24.5 Å². The number of allylic oxidation sites excluding steroid dienone is 2. The van der Waals surface area contributed by atoms with Crippen molar-refractivity contribution in [1.82, 2.24) is 14.9 Å². The van der Waals surface area contributed by atoms with E-state index in [1.54, 1.807) is 6.21 Å². The number of aromatic nitrogens is 2. The fourth-order valence-electron chi connectivity index (χ4n) is 2.74. The quantitative estimate of drug-likeness (QED) is 0.661. The molecule has 1 aliphatic rings. The molecule has 6 heteroatoms. The summed E-state index contributed by atoms with van der Waals surface area (Å²) in [6, 6.07) is 14.3. The molecule has 0 bridgehead atoms. The third-order valence-electron chi connectivity index (χ3n) is 3.78. The number of nitrogens with zero attached hydrogens (tertiary/aromatic N) is 5. The molecule has 0 atom stereocenters. The average molecular weight is 344 g/mol. The summed E-state index contributed by atoms with van der Waals surface area (Å²) in [7, 11) is 0. The summed E-state index contributed by atoms with van der Waals surface area (Å²) >= 11 is 0. The van der Waals surface area contributed by atoms with Gasteiger partial charge < -0.3 is 4.90 Å². The molecule has 0 saturated carbocycles. The Kier molecular flexibility index (Phi) is 5.40. The molecular formula is C20H20N6. The Morgan fingerprint density at radius 1 is 1.19 bits per heavy atom. The Labute approximate surface area is 153 Å². The van der Waals surface area contributed by atoms with Crippen LogP contribution >= 0.6 is 0 Å². The minimum atomic E-state index is 0.465. The molecule has 0 aliphatic carbocycles. The highest BCUT2D eigenvalue weighted by Crippen LogP contribution is 2.19. The van der Waals surface area contributed by atoms with Gasteiger partial charge in [-0.1, -0.05) is 30.3 Å². The van der Waals surface area contributed by atoms with Crippen molar-refractivity contribution in [2.75, 3.05) is 5.43 Å². The molecule has 2 aromatic rings. The molecule has 1 N–H and O–H groups in total. The van der Waals surface area contributed by atoms with Gasteiger partial charge in [0.1, 0.15) is 0 Å². The number of hydrazone groups is 1. The van der Waals surface area contributed by atoms with Crippen LogP contribution in [0.5, 0.6) is 0 Å². The molecule has 2 heterocycles. The van der Waals surface area contributed by atoms with Gasteiger partial charge >= 0.3 is 0 Å². The Balaban J connectivity index is 1.70. The van der Waals surface area contributed by atoms with Crippen LogP contribution in [0.4, 0.5) is 5.95 Å². The van der Waals surface area contributed by atoms with Crippen molar-refractivity contribution < 1.29 is 0 Å². The zero-order valence-corrected chi connectivity index (χ0v) is 14.8. The highest BCUT2D eigenvalue weighted by atomic mass is 15.3. The summed E-state index contributed by atoms with van der Waals surface area (Å²) in [5, 5.41) is 13.5. The highest BCUT2D eigenvalue weighted by molar-refractivity contribution is 5.80. The first-order valence-electron chi connectivity index (χ1n) is 8.35. The molecule has 0 spiro atoms. The van der Waals surface area contributed by atoms with E-state index in [0.717, 1.165) is 17.0 Å². The van der Waals surface area contributed by atoms with Gasteiger partial charge in [-0.2, -0.15) is 10.4 Å². The molecule has 0 unspecified atom stereocenters. The van der Waals surface area contributed by atoms with Gasteiger partial charge in [0.2, 0.25) is 5.95 Å². The number of hydrogen-bond donors (Lipinski definition) is 1. The highest BCUT2D eigenvalue weighted by Gasteiger charge is 2.11. The lowest BCUT2D eigenvalue weighted by atomic mass is 10.1. The van der Waals surface area contributed by atoms with Gasteiger partial charge in [-0.3, -0.25) is 0 Å². The molecule has 0 amide bonds. The van der Waals surface area contributed by atoms with Gasteiger partial charge in [0, 0.05) is 36.8 Å². The number of rotatable bonds is 5. The predicted octanol–water partition coefficient (Wildman–Crippen LogP) is 3.69. The molecule has 26 heavy (non-hydrogen) atoms. The predicted molar refractivity (Wildman–Crippen MR) is 102 cm³/mol. The number of anilines is 1. The van der Waals surface area contributed by atoms with Crippen LogP contribution in [-0.2, 0) is 6.54 Å². The first kappa shape index (κ1) is 17.4. The summed E-state index contributed by atoms with van der Waals surface area (Å²) in [6.45, 7) is 4.54. The topological polar surface area (TPSA) is 77.2 Å². The Morgan fingerprint density at radius 3 is 2.62 bits per heavy atom. The summed E-state index contributed by atoms with van der Waals surface area (Å²) in [5.74, 6) is 0.465. The number of nitrogens with one attached hydrogen (secondary N) is 1. The largest absolute Gasteiger partial charge is 0.349 e. The van der Waals surface area contributed by atoms with Crippen LogP contribution in [0.2, 0.25) is 0 Å². The smallest absolute Gasteiger partial charge is 0.243 e. The SMILES string of the molecule is Cc1cc(C)nc(N/N=C/C2=CN(Cc3ccccc3)C=C(C#N)C2)n1. The molecule has 3 rings (SSSR count). The summed E-state index contributed by atoms with van der Waals surface area (Å²) in [4.78, 5) is 10.6. The molecule has 0 saturated heterocycles. The van der Waals surface area contributed by atoms with Crippen molar-refractivity contribution in [2.45, 2.75) is 26.8 Å². The lowest BCUT2D eigenvalue weighted by Crippen LogP contribution is -2.15. The molecule has 6 nitrogen and oxygen atoms in total. The second-order valence-corrected chi connectivity index (χ2v) is 6.15. The number of benzene rings is 1. The second-order valence-electron chi connectivity index (χ2n) is 6.15. The maximum atomic E-state index is 9.30. The summed E-state index contributed by atoms with van der Waals surface area (Å²) in [6.07, 6.45) is 6.15. The van der Waals surface area contributed by atoms with Gasteiger partial charge in [0.05, 0.1) is 17.9 Å². The van der Waals surface area contributed by atoms with Crippen molar-refractivity contribution in [3.63, 3.8) is 0 Å². The Bertz CT molecular complexity index is 885. The fourth-order valence-corrected chi connectivity index (χ4v) is 2.74. The first-order chi connectivity index (χ1) is 12.6. The van der Waals surface area contributed by atoms with Crippen LogP contribution in [0.1, 0.15) is 23.4 Å². The third-order valence-corrected chi connectivity index (χ3v) is 3.78. The molecule has 1 aromatic heterocycles. The van der Waals surface area contributed by atoms with E-state index >= 15 is 0 Å². The molecule has 130 valence electrons. The van der Waals surface area contributed by atoms with Crippen LogP contribution in [0.25, 0.3) is 0 Å². The average Bonchev–Trinajstić information content (AvgIpc) is 2.61. The van der Waals surface area contributed by atoms with Crippen LogP contribution < -0.4 is 5.43 Å². The fraction of sp³-hybridized carbons (Fsp3) is 0.200. The summed E-state index contributed by atoms with van der Waals surface area (Å²) < 4.78 is 0. The lowest BCUT2D eigenvalue weighted by molar-refractivity contribution is 0.487. The monoisotopic (exact) mass is 344 g/mol.